The molecule has 1 fully saturated rings. The minimum Gasteiger partial charge on any atom is -0.350 e. The summed E-state index contributed by atoms with van der Waals surface area (Å²) < 4.78 is 0. The van der Waals surface area contributed by atoms with Crippen molar-refractivity contribution in [3.63, 3.8) is 0 Å². The number of hydrogen-bond acceptors (Lipinski definition) is 3. The summed E-state index contributed by atoms with van der Waals surface area (Å²) in [7, 11) is 0. The fraction of sp³-hybridized carbons (Fsp3) is 0.923. The number of carbonyl (C=O) groups is 1. The van der Waals surface area contributed by atoms with Crippen molar-refractivity contribution in [2.45, 2.75) is 58.7 Å². The number of nitrogens with one attached hydrogen (secondary N) is 2. The molecule has 0 spiro atoms. The molecule has 1 rings (SSSR count). The minimum atomic E-state index is -0.109. The van der Waals surface area contributed by atoms with E-state index in [1.165, 1.54) is 0 Å². The zero-order valence-electron chi connectivity index (χ0n) is 11.8. The third kappa shape index (κ3) is 3.96. The zero-order chi connectivity index (χ0) is 13.1. The van der Waals surface area contributed by atoms with Crippen LogP contribution in [0.1, 0.15) is 41.0 Å². The number of piperazine rings is 1. The Morgan fingerprint density at radius 3 is 2.76 bits per heavy atom. The highest BCUT2D eigenvalue weighted by atomic mass is 16.2. The quantitative estimate of drug-likeness (QED) is 0.771. The van der Waals surface area contributed by atoms with Crippen molar-refractivity contribution >= 4 is 5.91 Å². The van der Waals surface area contributed by atoms with Crippen LogP contribution >= 0.6 is 0 Å². The van der Waals surface area contributed by atoms with Crippen molar-refractivity contribution in [1.29, 1.82) is 0 Å². The van der Waals surface area contributed by atoms with E-state index in [-0.39, 0.29) is 17.5 Å². The van der Waals surface area contributed by atoms with Crippen LogP contribution in [0.3, 0.4) is 0 Å². The van der Waals surface area contributed by atoms with Crippen molar-refractivity contribution in [2.24, 2.45) is 0 Å². The average molecular weight is 241 g/mol. The summed E-state index contributed by atoms with van der Waals surface area (Å²) >= 11 is 0. The molecule has 0 bridgehead atoms. The standard InChI is InChI=1S/C13H27N3O/c1-6-13(4,5)15-12(17)11(3)16-8-7-14-9-10(16)2/h10-11,14H,6-9H2,1-5H3,(H,15,17). The number of nitrogens with zero attached hydrogens (tertiary/aromatic N) is 1. The van der Waals surface area contributed by atoms with E-state index in [1.807, 2.05) is 6.92 Å². The summed E-state index contributed by atoms with van der Waals surface area (Å²) in [5.41, 5.74) is -0.109. The fourth-order valence-electron chi connectivity index (χ4n) is 2.11. The van der Waals surface area contributed by atoms with Gasteiger partial charge < -0.3 is 10.6 Å². The molecular weight excluding hydrogens is 214 g/mol. The predicted octanol–water partition coefficient (Wildman–Crippen LogP) is 0.973. The molecule has 0 aliphatic carbocycles. The van der Waals surface area contributed by atoms with Crippen LogP contribution in [0.2, 0.25) is 0 Å². The second kappa shape index (κ2) is 5.83. The maximum absolute atomic E-state index is 12.2. The molecule has 2 atom stereocenters. The van der Waals surface area contributed by atoms with Gasteiger partial charge in [0.2, 0.25) is 5.91 Å². The van der Waals surface area contributed by atoms with Crippen molar-refractivity contribution < 1.29 is 4.79 Å². The molecule has 1 heterocycles. The lowest BCUT2D eigenvalue weighted by molar-refractivity contribution is -0.128. The first-order chi connectivity index (χ1) is 7.87. The number of hydrogen-bond donors (Lipinski definition) is 2. The van der Waals surface area contributed by atoms with Gasteiger partial charge in [-0.05, 0) is 34.1 Å². The Bertz CT molecular complexity index is 265. The van der Waals surface area contributed by atoms with Gasteiger partial charge in [-0.25, -0.2) is 0 Å². The molecule has 2 unspecified atom stereocenters. The molecule has 2 N–H and O–H groups in total. The number of carbonyl (C=O) groups excluding carboxylic acids is 1. The van der Waals surface area contributed by atoms with Gasteiger partial charge in [0.05, 0.1) is 6.04 Å². The Morgan fingerprint density at radius 2 is 2.24 bits per heavy atom. The van der Waals surface area contributed by atoms with E-state index in [9.17, 15) is 4.79 Å². The highest BCUT2D eigenvalue weighted by Gasteiger charge is 2.29. The van der Waals surface area contributed by atoms with Gasteiger partial charge in [-0.2, -0.15) is 0 Å². The Labute approximate surface area is 105 Å². The van der Waals surface area contributed by atoms with Gasteiger partial charge in [-0.1, -0.05) is 6.92 Å². The van der Waals surface area contributed by atoms with Crippen molar-refractivity contribution in [3.05, 3.63) is 0 Å². The summed E-state index contributed by atoms with van der Waals surface area (Å²) in [6.45, 7) is 13.3. The predicted molar refractivity (Wildman–Crippen MR) is 71.0 cm³/mol. The van der Waals surface area contributed by atoms with Crippen LogP contribution in [-0.4, -0.2) is 48.1 Å². The maximum Gasteiger partial charge on any atom is 0.237 e. The lowest BCUT2D eigenvalue weighted by Gasteiger charge is -2.38. The number of rotatable bonds is 4. The summed E-state index contributed by atoms with van der Waals surface area (Å²) in [5.74, 6) is 0.144. The summed E-state index contributed by atoms with van der Waals surface area (Å²) in [6.07, 6.45) is 0.947. The third-order valence-electron chi connectivity index (χ3n) is 3.78. The average Bonchev–Trinajstić information content (AvgIpc) is 2.28. The third-order valence-corrected chi connectivity index (χ3v) is 3.78. The lowest BCUT2D eigenvalue weighted by Crippen LogP contribution is -2.59. The van der Waals surface area contributed by atoms with E-state index in [0.717, 1.165) is 26.1 Å². The second-order valence-electron chi connectivity index (χ2n) is 5.69. The highest BCUT2D eigenvalue weighted by Crippen LogP contribution is 2.12. The molecule has 1 aliphatic heterocycles. The highest BCUT2D eigenvalue weighted by molar-refractivity contribution is 5.82. The number of amides is 1. The van der Waals surface area contributed by atoms with E-state index in [2.05, 4.69) is 43.2 Å². The molecule has 0 aromatic heterocycles. The van der Waals surface area contributed by atoms with Gasteiger partial charge in [0.25, 0.3) is 0 Å². The molecule has 1 saturated heterocycles. The molecule has 17 heavy (non-hydrogen) atoms. The van der Waals surface area contributed by atoms with E-state index in [4.69, 9.17) is 0 Å². The SMILES string of the molecule is CCC(C)(C)NC(=O)C(C)N1CCNCC1C. The van der Waals surface area contributed by atoms with Gasteiger partial charge in [0, 0.05) is 31.2 Å². The topological polar surface area (TPSA) is 44.4 Å². The minimum absolute atomic E-state index is 0.0436. The summed E-state index contributed by atoms with van der Waals surface area (Å²) in [5, 5.41) is 6.47. The Kier molecular flexibility index (Phi) is 4.95. The molecule has 4 nitrogen and oxygen atoms in total. The van der Waals surface area contributed by atoms with Crippen LogP contribution in [0.15, 0.2) is 0 Å². The van der Waals surface area contributed by atoms with Crippen molar-refractivity contribution in [2.75, 3.05) is 19.6 Å². The summed E-state index contributed by atoms with van der Waals surface area (Å²) in [6, 6.07) is 0.382. The van der Waals surface area contributed by atoms with E-state index >= 15 is 0 Å². The van der Waals surface area contributed by atoms with Crippen LogP contribution in [0.4, 0.5) is 0 Å². The Hall–Kier alpha value is -0.610. The molecule has 100 valence electrons. The van der Waals surface area contributed by atoms with Crippen LogP contribution < -0.4 is 10.6 Å². The molecule has 0 aromatic carbocycles. The molecule has 0 radical (unpaired) electrons. The van der Waals surface area contributed by atoms with Crippen LogP contribution in [0.5, 0.6) is 0 Å². The first kappa shape index (κ1) is 14.5. The van der Waals surface area contributed by atoms with Crippen molar-refractivity contribution in [3.8, 4) is 0 Å². The Balaban J connectivity index is 2.56. The zero-order valence-corrected chi connectivity index (χ0v) is 11.8. The first-order valence-electron chi connectivity index (χ1n) is 6.66. The van der Waals surface area contributed by atoms with E-state index in [0.29, 0.717) is 6.04 Å². The van der Waals surface area contributed by atoms with Gasteiger partial charge >= 0.3 is 0 Å². The van der Waals surface area contributed by atoms with Gasteiger partial charge in [-0.15, -0.1) is 0 Å². The van der Waals surface area contributed by atoms with E-state index < -0.39 is 0 Å². The van der Waals surface area contributed by atoms with Crippen LogP contribution in [0, 0.1) is 0 Å². The largest absolute Gasteiger partial charge is 0.350 e. The molecular formula is C13H27N3O. The maximum atomic E-state index is 12.2. The molecule has 0 saturated carbocycles. The van der Waals surface area contributed by atoms with Gasteiger partial charge in [-0.3, -0.25) is 9.69 Å². The molecule has 1 aliphatic rings. The van der Waals surface area contributed by atoms with Crippen LogP contribution in [-0.2, 0) is 4.79 Å². The fourth-order valence-corrected chi connectivity index (χ4v) is 2.11. The van der Waals surface area contributed by atoms with Gasteiger partial charge in [0.1, 0.15) is 0 Å². The first-order valence-corrected chi connectivity index (χ1v) is 6.66. The smallest absolute Gasteiger partial charge is 0.237 e. The van der Waals surface area contributed by atoms with Gasteiger partial charge in [0.15, 0.2) is 0 Å². The van der Waals surface area contributed by atoms with Crippen molar-refractivity contribution in [1.82, 2.24) is 15.5 Å². The monoisotopic (exact) mass is 241 g/mol. The molecule has 0 aromatic rings. The molecule has 1 amide bonds. The van der Waals surface area contributed by atoms with Crippen LogP contribution in [0.25, 0.3) is 0 Å². The normalized spacial score (nSPS) is 24.4. The lowest BCUT2D eigenvalue weighted by atomic mass is 10.0. The summed E-state index contributed by atoms with van der Waals surface area (Å²) in [4.78, 5) is 14.5. The molecule has 4 heteroatoms. The Morgan fingerprint density at radius 1 is 1.59 bits per heavy atom. The second-order valence-corrected chi connectivity index (χ2v) is 5.69. The van der Waals surface area contributed by atoms with E-state index in [1.54, 1.807) is 0 Å².